The Morgan fingerprint density at radius 2 is 1.48 bits per heavy atom. The lowest BCUT2D eigenvalue weighted by atomic mass is 10.1. The van der Waals surface area contributed by atoms with Gasteiger partial charge < -0.3 is 19.5 Å². The van der Waals surface area contributed by atoms with Crippen molar-refractivity contribution in [3.63, 3.8) is 0 Å². The quantitative estimate of drug-likeness (QED) is 0.596. The van der Waals surface area contributed by atoms with Crippen molar-refractivity contribution in [1.29, 1.82) is 0 Å². The molecule has 0 bridgehead atoms. The molecule has 0 aromatic carbocycles. The third-order valence-corrected chi connectivity index (χ3v) is 2.55. The molecular formula is C16H34FNO3. The van der Waals surface area contributed by atoms with Crippen molar-refractivity contribution in [2.75, 3.05) is 39.6 Å². The summed E-state index contributed by atoms with van der Waals surface area (Å²) < 4.78 is 29.6. The van der Waals surface area contributed by atoms with Crippen LogP contribution >= 0.6 is 0 Å². The van der Waals surface area contributed by atoms with Gasteiger partial charge in [-0.3, -0.25) is 0 Å². The summed E-state index contributed by atoms with van der Waals surface area (Å²) in [5.41, 5.74) is -0.105. The molecule has 128 valence electrons. The monoisotopic (exact) mass is 307 g/mol. The fourth-order valence-electron chi connectivity index (χ4n) is 1.53. The van der Waals surface area contributed by atoms with Gasteiger partial charge in [0.25, 0.3) is 0 Å². The smallest absolute Gasteiger partial charge is 0.125 e. The number of ether oxygens (including phenoxy) is 3. The molecule has 0 aromatic rings. The van der Waals surface area contributed by atoms with Crippen LogP contribution in [0.1, 0.15) is 48.0 Å². The van der Waals surface area contributed by atoms with Crippen LogP contribution in [0.25, 0.3) is 0 Å². The summed E-state index contributed by atoms with van der Waals surface area (Å²) in [7, 11) is 0. The van der Waals surface area contributed by atoms with Crippen LogP contribution in [-0.2, 0) is 14.2 Å². The summed E-state index contributed by atoms with van der Waals surface area (Å²) in [5.74, 6) is 0. The van der Waals surface area contributed by atoms with Crippen molar-refractivity contribution >= 4 is 0 Å². The standard InChI is InChI=1S/C16H34FNO3/c1-15(2,3)18-8-7-14(17)13-20-10-9-19-11-12-21-16(4,5)6/h14,18H,7-13H2,1-6H3. The molecule has 0 radical (unpaired) electrons. The van der Waals surface area contributed by atoms with E-state index in [4.69, 9.17) is 14.2 Å². The predicted octanol–water partition coefficient (Wildman–Crippen LogP) is 2.95. The van der Waals surface area contributed by atoms with Crippen LogP contribution in [0.4, 0.5) is 4.39 Å². The summed E-state index contributed by atoms with van der Waals surface area (Å²) in [4.78, 5) is 0. The molecule has 0 spiro atoms. The Bertz CT molecular complexity index is 249. The number of hydrogen-bond donors (Lipinski definition) is 1. The number of halogens is 1. The number of nitrogens with one attached hydrogen (secondary N) is 1. The van der Waals surface area contributed by atoms with Gasteiger partial charge in [0.1, 0.15) is 6.17 Å². The van der Waals surface area contributed by atoms with E-state index in [0.29, 0.717) is 39.4 Å². The maximum atomic E-state index is 13.5. The van der Waals surface area contributed by atoms with Gasteiger partial charge in [-0.05, 0) is 54.5 Å². The molecule has 0 fully saturated rings. The van der Waals surface area contributed by atoms with Gasteiger partial charge >= 0.3 is 0 Å². The van der Waals surface area contributed by atoms with Crippen LogP contribution in [0.2, 0.25) is 0 Å². The first-order chi connectivity index (χ1) is 9.60. The van der Waals surface area contributed by atoms with E-state index in [-0.39, 0.29) is 17.7 Å². The second-order valence-electron chi connectivity index (χ2n) is 7.21. The van der Waals surface area contributed by atoms with Crippen molar-refractivity contribution in [1.82, 2.24) is 5.32 Å². The zero-order chi connectivity index (χ0) is 16.4. The first-order valence-electron chi connectivity index (χ1n) is 7.79. The molecule has 0 aliphatic rings. The number of alkyl halides is 1. The zero-order valence-corrected chi connectivity index (χ0v) is 14.6. The third-order valence-electron chi connectivity index (χ3n) is 2.55. The van der Waals surface area contributed by atoms with Gasteiger partial charge in [0.05, 0.1) is 38.6 Å². The second-order valence-corrected chi connectivity index (χ2v) is 7.21. The van der Waals surface area contributed by atoms with Crippen LogP contribution in [0.5, 0.6) is 0 Å². The molecule has 0 rings (SSSR count). The highest BCUT2D eigenvalue weighted by atomic mass is 19.1. The SMILES string of the molecule is CC(C)(C)NCCC(F)COCCOCCOC(C)(C)C. The topological polar surface area (TPSA) is 39.7 Å². The van der Waals surface area contributed by atoms with E-state index in [2.05, 4.69) is 26.1 Å². The van der Waals surface area contributed by atoms with E-state index in [1.54, 1.807) is 0 Å². The summed E-state index contributed by atoms with van der Waals surface area (Å²) in [6.45, 7) is 15.0. The Morgan fingerprint density at radius 3 is 2.05 bits per heavy atom. The predicted molar refractivity (Wildman–Crippen MR) is 84.6 cm³/mol. The zero-order valence-electron chi connectivity index (χ0n) is 14.6. The Balaban J connectivity index is 3.31. The largest absolute Gasteiger partial charge is 0.377 e. The van der Waals surface area contributed by atoms with E-state index in [0.717, 1.165) is 0 Å². The van der Waals surface area contributed by atoms with Crippen LogP contribution in [-0.4, -0.2) is 56.9 Å². The van der Waals surface area contributed by atoms with Gasteiger partial charge in [-0.15, -0.1) is 0 Å². The first-order valence-corrected chi connectivity index (χ1v) is 7.79. The lowest BCUT2D eigenvalue weighted by Crippen LogP contribution is -2.37. The van der Waals surface area contributed by atoms with Gasteiger partial charge in [0.2, 0.25) is 0 Å². The lowest BCUT2D eigenvalue weighted by molar-refractivity contribution is -0.0446. The number of rotatable bonds is 11. The average Bonchev–Trinajstić information content (AvgIpc) is 2.29. The minimum Gasteiger partial charge on any atom is -0.377 e. The first kappa shape index (κ1) is 20.8. The molecule has 0 heterocycles. The van der Waals surface area contributed by atoms with Crippen molar-refractivity contribution < 1.29 is 18.6 Å². The summed E-state index contributed by atoms with van der Waals surface area (Å²) in [6, 6.07) is 0. The van der Waals surface area contributed by atoms with Crippen LogP contribution < -0.4 is 5.32 Å². The molecule has 1 unspecified atom stereocenters. The Hall–Kier alpha value is -0.230. The average molecular weight is 307 g/mol. The molecule has 0 aliphatic carbocycles. The molecule has 0 aliphatic heterocycles. The Morgan fingerprint density at radius 1 is 0.905 bits per heavy atom. The Kier molecular flexibility index (Phi) is 10.4. The van der Waals surface area contributed by atoms with Gasteiger partial charge in [-0.1, -0.05) is 0 Å². The highest BCUT2D eigenvalue weighted by Crippen LogP contribution is 2.05. The molecule has 0 saturated heterocycles. The van der Waals surface area contributed by atoms with Crippen molar-refractivity contribution in [2.45, 2.75) is 65.3 Å². The minimum absolute atomic E-state index is 0.0313. The molecular weight excluding hydrogens is 273 g/mol. The van der Waals surface area contributed by atoms with Crippen LogP contribution in [0.3, 0.4) is 0 Å². The van der Waals surface area contributed by atoms with Gasteiger partial charge in [-0.25, -0.2) is 4.39 Å². The van der Waals surface area contributed by atoms with Crippen molar-refractivity contribution in [2.24, 2.45) is 0 Å². The van der Waals surface area contributed by atoms with Gasteiger partial charge in [0.15, 0.2) is 0 Å². The van der Waals surface area contributed by atoms with E-state index in [1.165, 1.54) is 0 Å². The molecule has 0 aromatic heterocycles. The van der Waals surface area contributed by atoms with Gasteiger partial charge in [-0.2, -0.15) is 0 Å². The molecule has 4 nitrogen and oxygen atoms in total. The lowest BCUT2D eigenvalue weighted by Gasteiger charge is -2.21. The van der Waals surface area contributed by atoms with Gasteiger partial charge in [0, 0.05) is 5.54 Å². The van der Waals surface area contributed by atoms with Crippen LogP contribution in [0.15, 0.2) is 0 Å². The molecule has 5 heteroatoms. The minimum atomic E-state index is -0.927. The summed E-state index contributed by atoms with van der Waals surface area (Å²) in [6.07, 6.45) is -0.457. The van der Waals surface area contributed by atoms with E-state index >= 15 is 0 Å². The van der Waals surface area contributed by atoms with Crippen molar-refractivity contribution in [3.8, 4) is 0 Å². The second kappa shape index (κ2) is 10.5. The Labute approximate surface area is 129 Å². The molecule has 1 N–H and O–H groups in total. The molecule has 21 heavy (non-hydrogen) atoms. The number of hydrogen-bond acceptors (Lipinski definition) is 4. The maximum absolute atomic E-state index is 13.5. The summed E-state index contributed by atoms with van der Waals surface area (Å²) >= 11 is 0. The van der Waals surface area contributed by atoms with E-state index in [9.17, 15) is 4.39 Å². The fourth-order valence-corrected chi connectivity index (χ4v) is 1.53. The van der Waals surface area contributed by atoms with Crippen LogP contribution in [0, 0.1) is 0 Å². The molecule has 1 atom stereocenters. The molecule has 0 amide bonds. The molecule has 0 saturated carbocycles. The third kappa shape index (κ3) is 17.7. The highest BCUT2D eigenvalue weighted by molar-refractivity contribution is 4.71. The van der Waals surface area contributed by atoms with E-state index in [1.807, 2.05) is 20.8 Å². The maximum Gasteiger partial charge on any atom is 0.125 e. The highest BCUT2D eigenvalue weighted by Gasteiger charge is 2.11. The normalized spacial score (nSPS) is 14.4. The van der Waals surface area contributed by atoms with Crippen molar-refractivity contribution in [3.05, 3.63) is 0 Å². The fraction of sp³-hybridized carbons (Fsp3) is 1.00. The van der Waals surface area contributed by atoms with E-state index < -0.39 is 6.17 Å². The summed E-state index contributed by atoms with van der Waals surface area (Å²) in [5, 5.41) is 3.26.